The van der Waals surface area contributed by atoms with Gasteiger partial charge in [0.25, 0.3) is 0 Å². The van der Waals surface area contributed by atoms with Crippen molar-refractivity contribution in [2.75, 3.05) is 10.7 Å². The molecule has 0 spiro atoms. The number of anilines is 1. The summed E-state index contributed by atoms with van der Waals surface area (Å²) in [6.45, 7) is 6.07. The van der Waals surface area contributed by atoms with E-state index >= 15 is 0 Å². The molecule has 14 heteroatoms. The first kappa shape index (κ1) is 30.8. The van der Waals surface area contributed by atoms with Crippen molar-refractivity contribution in [1.82, 2.24) is 20.2 Å². The van der Waals surface area contributed by atoms with Gasteiger partial charge in [0.2, 0.25) is 5.91 Å². The number of aliphatic imine (C=N–C) groups is 1. The fourth-order valence-corrected chi connectivity index (χ4v) is 5.24. The Kier molecular flexibility index (Phi) is 9.01. The van der Waals surface area contributed by atoms with Crippen LogP contribution in [0.3, 0.4) is 0 Å². The van der Waals surface area contributed by atoms with Crippen LogP contribution < -0.4 is 15.1 Å². The Morgan fingerprint density at radius 1 is 1.09 bits per heavy atom. The predicted octanol–water partition coefficient (Wildman–Crippen LogP) is 6.54. The maximum Gasteiger partial charge on any atom is 0.573 e. The second-order valence-electron chi connectivity index (χ2n) is 10.1. The molecule has 0 radical (unpaired) electrons. The van der Waals surface area contributed by atoms with Gasteiger partial charge in [0.15, 0.2) is 11.0 Å². The van der Waals surface area contributed by atoms with Crippen molar-refractivity contribution in [1.29, 1.82) is 0 Å². The zero-order valence-corrected chi connectivity index (χ0v) is 24.6. The van der Waals surface area contributed by atoms with Gasteiger partial charge in [-0.2, -0.15) is 4.99 Å². The van der Waals surface area contributed by atoms with E-state index in [-0.39, 0.29) is 35.1 Å². The Morgan fingerprint density at radius 3 is 2.50 bits per heavy atom. The van der Waals surface area contributed by atoms with E-state index in [1.165, 1.54) is 51.9 Å². The number of alkyl halides is 3. The molecule has 1 aliphatic heterocycles. The molecule has 1 N–H and O–H groups in total. The van der Waals surface area contributed by atoms with Crippen LogP contribution in [-0.4, -0.2) is 44.0 Å². The minimum absolute atomic E-state index is 0.0518. The summed E-state index contributed by atoms with van der Waals surface area (Å²) >= 11 is 1.19. The number of halogens is 3. The fourth-order valence-electron chi connectivity index (χ4n) is 4.38. The molecule has 3 aromatic carbocycles. The number of aryl methyl sites for hydroxylation is 1. The predicted molar refractivity (Wildman–Crippen MR) is 159 cm³/mol. The molecule has 2 heterocycles. The van der Waals surface area contributed by atoms with Gasteiger partial charge >= 0.3 is 12.4 Å². The number of nitrogens with one attached hydrogen (secondary N) is 1. The number of ether oxygens (including phenoxy) is 1. The van der Waals surface area contributed by atoms with Crippen LogP contribution in [0.5, 0.6) is 5.75 Å². The van der Waals surface area contributed by atoms with Crippen LogP contribution in [0.4, 0.5) is 23.7 Å². The highest BCUT2D eigenvalue weighted by atomic mass is 32.2. The first-order valence-corrected chi connectivity index (χ1v) is 14.4. The van der Waals surface area contributed by atoms with Gasteiger partial charge in [-0.05, 0) is 59.9 Å². The molecule has 0 bridgehead atoms. The van der Waals surface area contributed by atoms with Crippen molar-refractivity contribution in [3.8, 4) is 22.8 Å². The Morgan fingerprint density at radius 2 is 1.82 bits per heavy atom. The summed E-state index contributed by atoms with van der Waals surface area (Å²) < 4.78 is 42.5. The Labute approximate surface area is 254 Å². The van der Waals surface area contributed by atoms with E-state index in [1.807, 2.05) is 39.0 Å². The number of carbonyl (C=O) groups is 2. The summed E-state index contributed by atoms with van der Waals surface area (Å²) in [5.41, 5.74) is 6.93. The lowest BCUT2D eigenvalue weighted by Gasteiger charge is -2.22. The number of amides is 3. The Balaban J connectivity index is 1.17. The molecule has 44 heavy (non-hydrogen) atoms. The summed E-state index contributed by atoms with van der Waals surface area (Å²) in [5.74, 6) is 0.270. The number of nitrogens with zero attached hydrogens (tertiary/aromatic N) is 5. The minimum atomic E-state index is -4.77. The number of amidine groups is 1. The molecular weight excluding hydrogens is 597 g/mol. The van der Waals surface area contributed by atoms with Gasteiger partial charge in [0.1, 0.15) is 12.1 Å². The molecule has 10 nitrogen and oxygen atoms in total. The van der Waals surface area contributed by atoms with Crippen molar-refractivity contribution < 1.29 is 32.3 Å². The molecule has 3 amide bonds. The smallest absolute Gasteiger partial charge is 0.406 e. The summed E-state index contributed by atoms with van der Waals surface area (Å²) in [5, 5.41) is 4.66. The standard InChI is InChI=1S/C30H27F3N6O4S/c1-18(2)24-13-4-19(3)14-25(24)39-26(40)16-44-29(39)35-28(41)37-42-15-20-5-7-21(8-6-20)27-34-17-38(36-27)22-9-11-23(12-10-22)43-30(31,32)33/h4-14,17-18H,15-16H2,1-3H3,(H,37,41). The number of hydrogen-bond donors (Lipinski definition) is 1. The number of urea groups is 1. The maximum atomic E-state index is 12.7. The quantitative estimate of drug-likeness (QED) is 0.222. The molecular formula is C30H27F3N6O4S. The summed E-state index contributed by atoms with van der Waals surface area (Å²) in [6, 6.07) is 17.5. The summed E-state index contributed by atoms with van der Waals surface area (Å²) in [7, 11) is 0. The van der Waals surface area contributed by atoms with Gasteiger partial charge in [-0.3, -0.25) is 14.5 Å². The van der Waals surface area contributed by atoms with Gasteiger partial charge in [0.05, 0.1) is 23.7 Å². The first-order chi connectivity index (χ1) is 21.0. The van der Waals surface area contributed by atoms with Crippen LogP contribution in [0.2, 0.25) is 0 Å². The lowest BCUT2D eigenvalue weighted by Crippen LogP contribution is -2.32. The molecule has 4 aromatic rings. The first-order valence-electron chi connectivity index (χ1n) is 13.4. The third kappa shape index (κ3) is 7.44. The highest BCUT2D eigenvalue weighted by Crippen LogP contribution is 2.34. The van der Waals surface area contributed by atoms with E-state index in [0.717, 1.165) is 22.4 Å². The van der Waals surface area contributed by atoms with Crippen molar-refractivity contribution in [3.05, 3.63) is 89.7 Å². The van der Waals surface area contributed by atoms with E-state index in [0.29, 0.717) is 17.1 Å². The zero-order valence-electron chi connectivity index (χ0n) is 23.8. The summed E-state index contributed by atoms with van der Waals surface area (Å²) in [6.07, 6.45) is -3.32. The van der Waals surface area contributed by atoms with E-state index < -0.39 is 12.4 Å². The molecule has 5 rings (SSSR count). The van der Waals surface area contributed by atoms with Crippen molar-refractivity contribution in [2.24, 2.45) is 4.99 Å². The van der Waals surface area contributed by atoms with E-state index in [2.05, 4.69) is 25.3 Å². The van der Waals surface area contributed by atoms with E-state index in [4.69, 9.17) is 4.84 Å². The van der Waals surface area contributed by atoms with Crippen molar-refractivity contribution >= 4 is 34.6 Å². The van der Waals surface area contributed by atoms with Crippen LogP contribution in [0, 0.1) is 6.92 Å². The second-order valence-corrected chi connectivity index (χ2v) is 11.0. The third-order valence-electron chi connectivity index (χ3n) is 6.45. The monoisotopic (exact) mass is 624 g/mol. The molecule has 0 saturated carbocycles. The number of hydroxylamine groups is 1. The SMILES string of the molecule is Cc1ccc(C(C)C)c(N2C(=O)CSC2=NC(=O)NOCc2ccc(-c3ncn(-c4ccc(OC(F)(F)F)cc4)n3)cc2)c1. The largest absolute Gasteiger partial charge is 0.573 e. The normalized spacial score (nSPS) is 14.5. The number of benzene rings is 3. The van der Waals surface area contributed by atoms with Gasteiger partial charge in [-0.1, -0.05) is 62.0 Å². The topological polar surface area (TPSA) is 111 Å². The fraction of sp³-hybridized carbons (Fsp3) is 0.233. The van der Waals surface area contributed by atoms with Gasteiger partial charge in [0, 0.05) is 5.56 Å². The molecule has 1 aromatic heterocycles. The molecule has 1 aliphatic rings. The van der Waals surface area contributed by atoms with Gasteiger partial charge < -0.3 is 4.74 Å². The number of carbonyl (C=O) groups excluding carboxylic acids is 2. The number of aromatic nitrogens is 3. The van der Waals surface area contributed by atoms with Crippen LogP contribution in [0.25, 0.3) is 17.1 Å². The number of hydrogen-bond acceptors (Lipinski definition) is 7. The highest BCUT2D eigenvalue weighted by Gasteiger charge is 2.33. The lowest BCUT2D eigenvalue weighted by molar-refractivity contribution is -0.274. The van der Waals surface area contributed by atoms with Gasteiger partial charge in [-0.15, -0.1) is 18.3 Å². The molecule has 1 fully saturated rings. The average molecular weight is 625 g/mol. The zero-order chi connectivity index (χ0) is 31.4. The molecule has 0 unspecified atom stereocenters. The Hall–Kier alpha value is -4.69. The van der Waals surface area contributed by atoms with Crippen LogP contribution >= 0.6 is 11.8 Å². The minimum Gasteiger partial charge on any atom is -0.406 e. The van der Waals surface area contributed by atoms with Gasteiger partial charge in [-0.25, -0.2) is 19.9 Å². The molecule has 1 saturated heterocycles. The maximum absolute atomic E-state index is 12.7. The molecule has 0 aliphatic carbocycles. The molecule has 228 valence electrons. The lowest BCUT2D eigenvalue weighted by atomic mass is 9.99. The van der Waals surface area contributed by atoms with Crippen LogP contribution in [0.15, 0.2) is 78.0 Å². The van der Waals surface area contributed by atoms with E-state index in [9.17, 15) is 22.8 Å². The number of thioether (sulfide) groups is 1. The number of rotatable bonds is 8. The van der Waals surface area contributed by atoms with Crippen molar-refractivity contribution in [3.63, 3.8) is 0 Å². The van der Waals surface area contributed by atoms with Crippen molar-refractivity contribution in [2.45, 2.75) is 39.7 Å². The summed E-state index contributed by atoms with van der Waals surface area (Å²) in [4.78, 5) is 40.5. The van der Waals surface area contributed by atoms with E-state index in [1.54, 1.807) is 24.3 Å². The van der Waals surface area contributed by atoms with Crippen LogP contribution in [-0.2, 0) is 16.2 Å². The van der Waals surface area contributed by atoms with Crippen LogP contribution in [0.1, 0.15) is 36.5 Å². The average Bonchev–Trinajstić information content (AvgIpc) is 3.60. The Bertz CT molecular complexity index is 1690. The third-order valence-corrected chi connectivity index (χ3v) is 7.37. The highest BCUT2D eigenvalue weighted by molar-refractivity contribution is 8.15. The second kappa shape index (κ2) is 12.9. The molecule has 0 atom stereocenters.